The minimum absolute atomic E-state index is 0.0636. The van der Waals surface area contributed by atoms with Crippen molar-refractivity contribution < 1.29 is 18.6 Å². The molecule has 0 atom stereocenters. The maximum atomic E-state index is 14.2. The third-order valence-corrected chi connectivity index (χ3v) is 5.62. The third-order valence-electron chi connectivity index (χ3n) is 5.62. The Kier molecular flexibility index (Phi) is 6.34. The van der Waals surface area contributed by atoms with Crippen molar-refractivity contribution in [2.45, 2.75) is 31.6 Å². The molecule has 0 radical (unpaired) electrons. The first-order chi connectivity index (χ1) is 14.7. The molecule has 3 nitrogen and oxygen atoms in total. The van der Waals surface area contributed by atoms with Crippen molar-refractivity contribution >= 4 is 0 Å². The van der Waals surface area contributed by atoms with Crippen LogP contribution in [0.4, 0.5) is 4.39 Å². The molecule has 0 saturated carbocycles. The molecule has 1 heterocycles. The number of ether oxygens (including phenoxy) is 3. The topological polar surface area (TPSA) is 27.7 Å². The van der Waals surface area contributed by atoms with Gasteiger partial charge in [0.05, 0.1) is 19.8 Å². The second-order valence-corrected chi connectivity index (χ2v) is 7.76. The molecule has 3 aromatic carbocycles. The molecule has 0 aromatic heterocycles. The summed E-state index contributed by atoms with van der Waals surface area (Å²) < 4.78 is 31.0. The minimum atomic E-state index is -0.346. The Bertz CT molecular complexity index is 950. The van der Waals surface area contributed by atoms with Gasteiger partial charge in [-0.2, -0.15) is 0 Å². The molecular formula is C26H27FO3. The number of rotatable bonds is 9. The molecule has 30 heavy (non-hydrogen) atoms. The van der Waals surface area contributed by atoms with Gasteiger partial charge in [-0.25, -0.2) is 4.39 Å². The second kappa shape index (κ2) is 9.31. The molecule has 4 rings (SSSR count). The summed E-state index contributed by atoms with van der Waals surface area (Å²) in [5.41, 5.74) is 2.43. The van der Waals surface area contributed by atoms with Crippen LogP contribution in [0.1, 0.15) is 30.9 Å². The lowest BCUT2D eigenvalue weighted by Crippen LogP contribution is -2.46. The number of hydrogen-bond donors (Lipinski definition) is 0. The van der Waals surface area contributed by atoms with Gasteiger partial charge in [0.25, 0.3) is 0 Å². The van der Waals surface area contributed by atoms with Gasteiger partial charge in [0.15, 0.2) is 11.6 Å². The van der Waals surface area contributed by atoms with Crippen LogP contribution in [-0.2, 0) is 16.6 Å². The second-order valence-electron chi connectivity index (χ2n) is 7.76. The number of hydrogen-bond acceptors (Lipinski definition) is 3. The Labute approximate surface area is 177 Å². The fraction of sp³-hybridized carbons (Fsp3) is 0.308. The van der Waals surface area contributed by atoms with Crippen LogP contribution in [0.2, 0.25) is 0 Å². The lowest BCUT2D eigenvalue weighted by Gasteiger charge is -2.42. The molecule has 0 bridgehead atoms. The average Bonchev–Trinajstić information content (AvgIpc) is 2.74. The molecule has 0 N–H and O–H groups in total. The van der Waals surface area contributed by atoms with Crippen LogP contribution < -0.4 is 9.47 Å². The Morgan fingerprint density at radius 2 is 1.70 bits per heavy atom. The van der Waals surface area contributed by atoms with Crippen LogP contribution in [0.5, 0.6) is 17.2 Å². The summed E-state index contributed by atoms with van der Waals surface area (Å²) in [6.07, 6.45) is 2.88. The van der Waals surface area contributed by atoms with Crippen LogP contribution in [0.25, 0.3) is 0 Å². The van der Waals surface area contributed by atoms with E-state index in [4.69, 9.17) is 14.2 Å². The highest BCUT2D eigenvalue weighted by molar-refractivity contribution is 5.36. The van der Waals surface area contributed by atoms with Crippen molar-refractivity contribution in [1.29, 1.82) is 0 Å². The van der Waals surface area contributed by atoms with Gasteiger partial charge in [-0.1, -0.05) is 36.4 Å². The summed E-state index contributed by atoms with van der Waals surface area (Å²) in [5, 5.41) is 0. The molecule has 156 valence electrons. The zero-order valence-corrected chi connectivity index (χ0v) is 17.3. The van der Waals surface area contributed by atoms with Gasteiger partial charge in [-0.05, 0) is 73.7 Å². The van der Waals surface area contributed by atoms with Crippen molar-refractivity contribution in [1.82, 2.24) is 0 Å². The highest BCUT2D eigenvalue weighted by atomic mass is 19.1. The van der Waals surface area contributed by atoms with Crippen LogP contribution >= 0.6 is 0 Å². The summed E-state index contributed by atoms with van der Waals surface area (Å²) in [6.45, 7) is 4.14. The van der Waals surface area contributed by atoms with Crippen molar-refractivity contribution in [3.05, 3.63) is 89.7 Å². The number of benzene rings is 3. The van der Waals surface area contributed by atoms with E-state index in [9.17, 15) is 4.39 Å². The van der Waals surface area contributed by atoms with E-state index in [2.05, 4.69) is 12.1 Å². The maximum absolute atomic E-state index is 14.2. The van der Waals surface area contributed by atoms with Gasteiger partial charge < -0.3 is 14.2 Å². The number of para-hydroxylation sites is 1. The summed E-state index contributed by atoms with van der Waals surface area (Å²) in [6, 6.07) is 22.8. The quantitative estimate of drug-likeness (QED) is 0.417. The predicted octanol–water partition coefficient (Wildman–Crippen LogP) is 6.31. The lowest BCUT2D eigenvalue weighted by molar-refractivity contribution is -0.0651. The van der Waals surface area contributed by atoms with E-state index in [0.717, 1.165) is 43.8 Å². The Hall–Kier alpha value is -2.85. The molecule has 1 aliphatic rings. The van der Waals surface area contributed by atoms with Crippen molar-refractivity contribution in [2.24, 2.45) is 0 Å². The smallest absolute Gasteiger partial charge is 0.165 e. The number of aryl methyl sites for hydroxylation is 1. The van der Waals surface area contributed by atoms with E-state index in [-0.39, 0.29) is 17.0 Å². The van der Waals surface area contributed by atoms with Crippen LogP contribution in [0, 0.1) is 5.82 Å². The zero-order valence-electron chi connectivity index (χ0n) is 17.3. The Balaban J connectivity index is 1.39. The molecule has 0 amide bonds. The van der Waals surface area contributed by atoms with Gasteiger partial charge in [0.1, 0.15) is 11.5 Å². The average molecular weight is 406 g/mol. The van der Waals surface area contributed by atoms with Crippen molar-refractivity contribution in [3.63, 3.8) is 0 Å². The minimum Gasteiger partial charge on any atom is -0.494 e. The van der Waals surface area contributed by atoms with E-state index < -0.39 is 0 Å². The molecule has 4 heteroatoms. The summed E-state index contributed by atoms with van der Waals surface area (Å²) in [4.78, 5) is 0. The molecule has 0 aliphatic carbocycles. The first kappa shape index (κ1) is 20.4. The molecule has 1 saturated heterocycles. The fourth-order valence-electron chi connectivity index (χ4n) is 3.90. The maximum Gasteiger partial charge on any atom is 0.165 e. The van der Waals surface area contributed by atoms with E-state index in [1.54, 1.807) is 0 Å². The van der Waals surface area contributed by atoms with Gasteiger partial charge >= 0.3 is 0 Å². The van der Waals surface area contributed by atoms with Gasteiger partial charge in [-0.15, -0.1) is 0 Å². The third kappa shape index (κ3) is 4.65. The molecule has 0 spiro atoms. The Morgan fingerprint density at radius 3 is 2.37 bits per heavy atom. The standard InChI is InChI=1S/C26H27FO3/c1-2-29-22-13-11-21(12-14-22)26(18-28-19-26)16-6-7-20-10-15-24(27)25(17-20)30-23-8-4-3-5-9-23/h3-5,8-15,17H,2,6-7,16,18-19H2,1H3. The van der Waals surface area contributed by atoms with E-state index >= 15 is 0 Å². The summed E-state index contributed by atoms with van der Waals surface area (Å²) in [5.74, 6) is 1.45. The first-order valence-corrected chi connectivity index (χ1v) is 10.5. The molecule has 1 fully saturated rings. The highest BCUT2D eigenvalue weighted by Crippen LogP contribution is 2.38. The monoisotopic (exact) mass is 406 g/mol. The number of halogens is 1. The molecule has 0 unspecified atom stereocenters. The molecule has 1 aliphatic heterocycles. The molecule has 3 aromatic rings. The predicted molar refractivity (Wildman–Crippen MR) is 116 cm³/mol. The van der Waals surface area contributed by atoms with E-state index in [1.807, 2.05) is 61.5 Å². The van der Waals surface area contributed by atoms with E-state index in [0.29, 0.717) is 12.4 Å². The van der Waals surface area contributed by atoms with Gasteiger partial charge in [0.2, 0.25) is 0 Å². The van der Waals surface area contributed by atoms with Crippen LogP contribution in [0.15, 0.2) is 72.8 Å². The summed E-state index contributed by atoms with van der Waals surface area (Å²) >= 11 is 0. The zero-order chi connectivity index (χ0) is 20.8. The summed E-state index contributed by atoms with van der Waals surface area (Å²) in [7, 11) is 0. The largest absolute Gasteiger partial charge is 0.494 e. The van der Waals surface area contributed by atoms with E-state index in [1.165, 1.54) is 11.6 Å². The molecular weight excluding hydrogens is 379 g/mol. The van der Waals surface area contributed by atoms with Crippen LogP contribution in [0.3, 0.4) is 0 Å². The highest BCUT2D eigenvalue weighted by Gasteiger charge is 2.39. The normalized spacial score (nSPS) is 14.7. The fourth-order valence-corrected chi connectivity index (χ4v) is 3.90. The first-order valence-electron chi connectivity index (χ1n) is 10.5. The SMILES string of the molecule is CCOc1ccc(C2(CCCc3ccc(F)c(Oc4ccccc4)c3)COC2)cc1. The Morgan fingerprint density at radius 1 is 0.933 bits per heavy atom. The van der Waals surface area contributed by atoms with Gasteiger partial charge in [0, 0.05) is 5.41 Å². The van der Waals surface area contributed by atoms with Crippen molar-refractivity contribution in [2.75, 3.05) is 19.8 Å². The van der Waals surface area contributed by atoms with Gasteiger partial charge in [-0.3, -0.25) is 0 Å². The van der Waals surface area contributed by atoms with Crippen LogP contribution in [-0.4, -0.2) is 19.8 Å². The van der Waals surface area contributed by atoms with Crippen molar-refractivity contribution in [3.8, 4) is 17.2 Å². The lowest BCUT2D eigenvalue weighted by atomic mass is 9.74.